The first-order chi connectivity index (χ1) is 7.78. The van der Waals surface area contributed by atoms with E-state index in [2.05, 4.69) is 25.9 Å². The van der Waals surface area contributed by atoms with Crippen molar-refractivity contribution in [1.29, 1.82) is 0 Å². The van der Waals surface area contributed by atoms with Gasteiger partial charge in [0.25, 0.3) is 0 Å². The fraction of sp³-hybridized carbons (Fsp3) is 0.444. The van der Waals surface area contributed by atoms with Crippen LogP contribution in [0.5, 0.6) is 0 Å². The Morgan fingerprint density at radius 3 is 3.00 bits per heavy atom. The van der Waals surface area contributed by atoms with Gasteiger partial charge in [-0.05, 0) is 13.8 Å². The van der Waals surface area contributed by atoms with Crippen molar-refractivity contribution in [3.63, 3.8) is 0 Å². The lowest BCUT2D eigenvalue weighted by molar-refractivity contribution is 1.00. The molecule has 1 N–H and O–H groups in total. The van der Waals surface area contributed by atoms with E-state index in [9.17, 15) is 0 Å². The standard InChI is InChI=1S/C9H12N4S3/c1-3-10-8-12-13-9(16-8)15-5-7-4-14-6(2)11-7/h4H,3,5H2,1-2H3,(H,10,12). The zero-order valence-electron chi connectivity index (χ0n) is 9.06. The van der Waals surface area contributed by atoms with E-state index in [1.54, 1.807) is 34.4 Å². The number of aryl methyl sites for hydroxylation is 1. The molecule has 0 saturated carbocycles. The van der Waals surface area contributed by atoms with E-state index in [4.69, 9.17) is 0 Å². The van der Waals surface area contributed by atoms with Gasteiger partial charge < -0.3 is 5.32 Å². The highest BCUT2D eigenvalue weighted by Crippen LogP contribution is 2.28. The summed E-state index contributed by atoms with van der Waals surface area (Å²) >= 11 is 4.95. The maximum absolute atomic E-state index is 4.41. The molecule has 4 nitrogen and oxygen atoms in total. The summed E-state index contributed by atoms with van der Waals surface area (Å²) in [5.41, 5.74) is 1.12. The van der Waals surface area contributed by atoms with Crippen molar-refractivity contribution in [3.05, 3.63) is 16.1 Å². The Labute approximate surface area is 107 Å². The van der Waals surface area contributed by atoms with E-state index >= 15 is 0 Å². The zero-order chi connectivity index (χ0) is 11.4. The van der Waals surface area contributed by atoms with Gasteiger partial charge in [0.1, 0.15) is 0 Å². The molecule has 7 heteroatoms. The van der Waals surface area contributed by atoms with E-state index in [1.165, 1.54) is 0 Å². The van der Waals surface area contributed by atoms with Crippen LogP contribution in [-0.4, -0.2) is 21.7 Å². The molecule has 0 aliphatic carbocycles. The molecule has 0 radical (unpaired) electrons. The zero-order valence-corrected chi connectivity index (χ0v) is 11.5. The van der Waals surface area contributed by atoms with Gasteiger partial charge in [-0.1, -0.05) is 23.1 Å². The van der Waals surface area contributed by atoms with E-state index in [1.807, 2.05) is 13.8 Å². The van der Waals surface area contributed by atoms with Crippen LogP contribution >= 0.6 is 34.4 Å². The van der Waals surface area contributed by atoms with Gasteiger partial charge in [0.2, 0.25) is 5.13 Å². The first kappa shape index (κ1) is 11.8. The van der Waals surface area contributed by atoms with Crippen molar-refractivity contribution < 1.29 is 0 Å². The van der Waals surface area contributed by atoms with Crippen LogP contribution in [0.1, 0.15) is 17.6 Å². The molecule has 0 fully saturated rings. The minimum Gasteiger partial charge on any atom is -0.360 e. The molecule has 2 rings (SSSR count). The smallest absolute Gasteiger partial charge is 0.206 e. The molecule has 0 atom stereocenters. The number of anilines is 1. The average molecular weight is 272 g/mol. The Kier molecular flexibility index (Phi) is 4.14. The summed E-state index contributed by atoms with van der Waals surface area (Å²) in [6, 6.07) is 0. The summed E-state index contributed by atoms with van der Waals surface area (Å²) in [6.07, 6.45) is 0. The second-order valence-corrected chi connectivity index (χ2v) is 6.31. The Morgan fingerprint density at radius 2 is 2.31 bits per heavy atom. The van der Waals surface area contributed by atoms with Gasteiger partial charge in [0, 0.05) is 17.7 Å². The molecule has 2 heterocycles. The minimum atomic E-state index is 0.866. The van der Waals surface area contributed by atoms with E-state index in [-0.39, 0.29) is 0 Å². The highest BCUT2D eigenvalue weighted by molar-refractivity contribution is 8.00. The van der Waals surface area contributed by atoms with Crippen molar-refractivity contribution >= 4 is 39.6 Å². The third-order valence-electron chi connectivity index (χ3n) is 1.74. The monoisotopic (exact) mass is 272 g/mol. The lowest BCUT2D eigenvalue weighted by Gasteiger charge is -1.92. The lowest BCUT2D eigenvalue weighted by atomic mass is 10.6. The summed E-state index contributed by atoms with van der Waals surface area (Å²) in [5.74, 6) is 0.866. The average Bonchev–Trinajstić information content (AvgIpc) is 2.85. The maximum Gasteiger partial charge on any atom is 0.206 e. The second kappa shape index (κ2) is 5.60. The van der Waals surface area contributed by atoms with Crippen molar-refractivity contribution in [2.45, 2.75) is 23.9 Å². The predicted molar refractivity (Wildman–Crippen MR) is 70.5 cm³/mol. The van der Waals surface area contributed by atoms with Crippen LogP contribution < -0.4 is 5.32 Å². The number of aromatic nitrogens is 3. The number of thiazole rings is 1. The molecule has 0 unspecified atom stereocenters. The quantitative estimate of drug-likeness (QED) is 0.848. The first-order valence-corrected chi connectivity index (χ1v) is 7.57. The van der Waals surface area contributed by atoms with E-state index in [0.717, 1.165) is 32.5 Å². The Morgan fingerprint density at radius 1 is 1.44 bits per heavy atom. The van der Waals surface area contributed by atoms with Crippen molar-refractivity contribution in [2.75, 3.05) is 11.9 Å². The number of hydrogen-bond donors (Lipinski definition) is 1. The van der Waals surface area contributed by atoms with Crippen LogP contribution in [-0.2, 0) is 5.75 Å². The molecular formula is C9H12N4S3. The Balaban J connectivity index is 1.89. The highest BCUT2D eigenvalue weighted by Gasteiger charge is 2.05. The fourth-order valence-electron chi connectivity index (χ4n) is 1.10. The SMILES string of the molecule is CCNc1nnc(SCc2csc(C)n2)s1. The van der Waals surface area contributed by atoms with Crippen LogP contribution in [0.25, 0.3) is 0 Å². The first-order valence-electron chi connectivity index (χ1n) is 4.89. The van der Waals surface area contributed by atoms with Gasteiger partial charge in [-0.3, -0.25) is 0 Å². The fourth-order valence-corrected chi connectivity index (χ4v) is 3.53. The summed E-state index contributed by atoms with van der Waals surface area (Å²) < 4.78 is 0.988. The number of thioether (sulfide) groups is 1. The molecule has 2 aromatic heterocycles. The third kappa shape index (κ3) is 3.16. The van der Waals surface area contributed by atoms with Crippen molar-refractivity contribution in [1.82, 2.24) is 15.2 Å². The van der Waals surface area contributed by atoms with Gasteiger partial charge in [0.05, 0.1) is 10.7 Å². The minimum absolute atomic E-state index is 0.866. The summed E-state index contributed by atoms with van der Waals surface area (Å²) in [4.78, 5) is 4.41. The molecule has 0 aromatic carbocycles. The van der Waals surface area contributed by atoms with Crippen LogP contribution in [0.2, 0.25) is 0 Å². The molecule has 0 aliphatic heterocycles. The number of nitrogens with one attached hydrogen (secondary N) is 1. The molecule has 16 heavy (non-hydrogen) atoms. The van der Waals surface area contributed by atoms with Gasteiger partial charge in [-0.25, -0.2) is 4.98 Å². The van der Waals surface area contributed by atoms with Gasteiger partial charge in [-0.2, -0.15) is 0 Å². The number of hydrogen-bond acceptors (Lipinski definition) is 7. The van der Waals surface area contributed by atoms with Crippen LogP contribution in [0, 0.1) is 6.92 Å². The molecular weight excluding hydrogens is 260 g/mol. The highest BCUT2D eigenvalue weighted by atomic mass is 32.2. The van der Waals surface area contributed by atoms with Gasteiger partial charge in [-0.15, -0.1) is 21.5 Å². The van der Waals surface area contributed by atoms with Crippen molar-refractivity contribution in [3.8, 4) is 0 Å². The molecule has 0 saturated heterocycles. The lowest BCUT2D eigenvalue weighted by Crippen LogP contribution is -1.94. The maximum atomic E-state index is 4.41. The van der Waals surface area contributed by atoms with Gasteiger partial charge in [0.15, 0.2) is 4.34 Å². The summed E-state index contributed by atoms with van der Waals surface area (Å²) in [5, 5.41) is 15.4. The van der Waals surface area contributed by atoms with Crippen LogP contribution in [0.4, 0.5) is 5.13 Å². The number of nitrogens with zero attached hydrogens (tertiary/aromatic N) is 3. The number of rotatable bonds is 5. The summed E-state index contributed by atoms with van der Waals surface area (Å²) in [7, 11) is 0. The topological polar surface area (TPSA) is 50.7 Å². The van der Waals surface area contributed by atoms with Crippen LogP contribution in [0.3, 0.4) is 0 Å². The van der Waals surface area contributed by atoms with Crippen molar-refractivity contribution in [2.24, 2.45) is 0 Å². The van der Waals surface area contributed by atoms with E-state index in [0.29, 0.717) is 0 Å². The summed E-state index contributed by atoms with van der Waals surface area (Å²) in [6.45, 7) is 4.95. The van der Waals surface area contributed by atoms with Gasteiger partial charge >= 0.3 is 0 Å². The Bertz CT molecular complexity index is 451. The van der Waals surface area contributed by atoms with Crippen LogP contribution in [0.15, 0.2) is 9.72 Å². The molecule has 0 bridgehead atoms. The third-order valence-corrected chi connectivity index (χ3v) is 4.61. The Hall–Kier alpha value is -0.660. The molecule has 0 amide bonds. The normalized spacial score (nSPS) is 10.6. The molecule has 86 valence electrons. The molecule has 0 spiro atoms. The van der Waals surface area contributed by atoms with E-state index < -0.39 is 0 Å². The molecule has 0 aliphatic rings. The predicted octanol–water partition coefficient (Wildman–Crippen LogP) is 3.03. The largest absolute Gasteiger partial charge is 0.360 e. The molecule has 2 aromatic rings. The second-order valence-electron chi connectivity index (χ2n) is 3.05.